The molecular formula is C22H24BrCl2N3O4S. The zero-order valence-corrected chi connectivity index (χ0v) is 21.6. The molecule has 2 aliphatic rings. The third-order valence-corrected chi connectivity index (χ3v) is 9.01. The second-order valence-electron chi connectivity index (χ2n) is 8.11. The first-order valence-corrected chi connectivity index (χ1v) is 13.7. The molecule has 0 bridgehead atoms. The molecule has 1 atom stereocenters. The topological polar surface area (TPSA) is 87.7 Å². The van der Waals surface area contributed by atoms with Crippen molar-refractivity contribution in [2.75, 3.05) is 26.2 Å². The molecular weight excluding hydrogens is 553 g/mol. The quantitative estimate of drug-likeness (QED) is 0.541. The van der Waals surface area contributed by atoms with E-state index in [-0.39, 0.29) is 34.5 Å². The summed E-state index contributed by atoms with van der Waals surface area (Å²) in [5.74, 6) is 0.314. The van der Waals surface area contributed by atoms with E-state index in [2.05, 4.69) is 26.6 Å². The van der Waals surface area contributed by atoms with Crippen LogP contribution in [0.4, 0.5) is 0 Å². The summed E-state index contributed by atoms with van der Waals surface area (Å²) in [6.07, 6.45) is 2.46. The molecule has 2 aliphatic heterocycles. The molecule has 0 saturated carbocycles. The Balaban J connectivity index is 1.40. The van der Waals surface area contributed by atoms with Crippen LogP contribution in [0.25, 0.3) is 0 Å². The van der Waals surface area contributed by atoms with Gasteiger partial charge < -0.3 is 15.4 Å². The van der Waals surface area contributed by atoms with E-state index in [9.17, 15) is 13.2 Å². The van der Waals surface area contributed by atoms with Gasteiger partial charge in [-0.15, -0.1) is 0 Å². The molecule has 0 unspecified atom stereocenters. The molecule has 2 N–H and O–H groups in total. The van der Waals surface area contributed by atoms with Crippen molar-refractivity contribution in [1.82, 2.24) is 14.9 Å². The van der Waals surface area contributed by atoms with Crippen molar-refractivity contribution < 1.29 is 17.9 Å². The van der Waals surface area contributed by atoms with E-state index in [1.54, 1.807) is 30.3 Å². The van der Waals surface area contributed by atoms with Crippen LogP contribution in [0.5, 0.6) is 5.75 Å². The molecule has 2 aromatic rings. The molecule has 33 heavy (non-hydrogen) atoms. The van der Waals surface area contributed by atoms with Crippen molar-refractivity contribution in [3.05, 3.63) is 56.5 Å². The number of halogens is 3. The number of carbonyl (C=O) groups excluding carboxylic acids is 1. The third kappa shape index (κ3) is 5.83. The second kappa shape index (κ2) is 10.5. The van der Waals surface area contributed by atoms with E-state index in [0.29, 0.717) is 33.8 Å². The van der Waals surface area contributed by atoms with Crippen LogP contribution in [-0.4, -0.2) is 57.0 Å². The maximum absolute atomic E-state index is 13.2. The Morgan fingerprint density at radius 3 is 2.55 bits per heavy atom. The predicted molar refractivity (Wildman–Crippen MR) is 132 cm³/mol. The van der Waals surface area contributed by atoms with Gasteiger partial charge in [-0.2, -0.15) is 4.31 Å². The van der Waals surface area contributed by atoms with E-state index in [1.807, 2.05) is 0 Å². The van der Waals surface area contributed by atoms with Crippen LogP contribution in [0.1, 0.15) is 29.6 Å². The zero-order chi connectivity index (χ0) is 23.6. The van der Waals surface area contributed by atoms with Crippen LogP contribution < -0.4 is 15.4 Å². The largest absolute Gasteiger partial charge is 0.489 e. The minimum absolute atomic E-state index is 0.114. The Kier molecular flexibility index (Phi) is 7.87. The maximum Gasteiger partial charge on any atom is 0.251 e. The van der Waals surface area contributed by atoms with Crippen LogP contribution in [0.3, 0.4) is 0 Å². The average Bonchev–Trinajstić information content (AvgIpc) is 3.27. The van der Waals surface area contributed by atoms with Crippen LogP contribution in [-0.2, 0) is 10.0 Å². The summed E-state index contributed by atoms with van der Waals surface area (Å²) in [6.45, 7) is 2.33. The molecule has 11 heteroatoms. The van der Waals surface area contributed by atoms with Gasteiger partial charge in [-0.25, -0.2) is 8.42 Å². The number of amides is 1. The predicted octanol–water partition coefficient (Wildman–Crippen LogP) is 4.08. The highest BCUT2D eigenvalue weighted by molar-refractivity contribution is 9.10. The van der Waals surface area contributed by atoms with Gasteiger partial charge in [0, 0.05) is 24.7 Å². The molecule has 1 amide bonds. The minimum Gasteiger partial charge on any atom is -0.489 e. The van der Waals surface area contributed by atoms with Crippen LogP contribution in [0.15, 0.2) is 45.8 Å². The fourth-order valence-electron chi connectivity index (χ4n) is 3.95. The van der Waals surface area contributed by atoms with Crippen LogP contribution in [0.2, 0.25) is 10.0 Å². The molecule has 178 valence electrons. The van der Waals surface area contributed by atoms with Gasteiger partial charge in [-0.3, -0.25) is 4.79 Å². The summed E-state index contributed by atoms with van der Waals surface area (Å²) in [5.41, 5.74) is 0.374. The maximum atomic E-state index is 13.2. The van der Waals surface area contributed by atoms with Crippen molar-refractivity contribution in [1.29, 1.82) is 0 Å². The summed E-state index contributed by atoms with van der Waals surface area (Å²) < 4.78 is 34.4. The Labute approximate surface area is 211 Å². The molecule has 0 spiro atoms. The highest BCUT2D eigenvalue weighted by Crippen LogP contribution is 2.32. The van der Waals surface area contributed by atoms with E-state index in [0.717, 1.165) is 25.9 Å². The first-order chi connectivity index (χ1) is 15.7. The molecule has 2 heterocycles. The number of rotatable bonds is 6. The highest BCUT2D eigenvalue weighted by Gasteiger charge is 2.34. The Bertz CT molecular complexity index is 1140. The van der Waals surface area contributed by atoms with Crippen molar-refractivity contribution in [3.8, 4) is 5.75 Å². The van der Waals surface area contributed by atoms with Crippen molar-refractivity contribution in [2.24, 2.45) is 0 Å². The van der Waals surface area contributed by atoms with Gasteiger partial charge >= 0.3 is 0 Å². The summed E-state index contributed by atoms with van der Waals surface area (Å²) in [6, 6.07) is 9.17. The van der Waals surface area contributed by atoms with E-state index in [4.69, 9.17) is 27.9 Å². The van der Waals surface area contributed by atoms with Crippen LogP contribution in [0, 0.1) is 0 Å². The Morgan fingerprint density at radius 1 is 1.09 bits per heavy atom. The number of nitrogens with zero attached hydrogens (tertiary/aromatic N) is 1. The smallest absolute Gasteiger partial charge is 0.251 e. The van der Waals surface area contributed by atoms with Gasteiger partial charge in [-0.05, 0) is 84.7 Å². The van der Waals surface area contributed by atoms with Gasteiger partial charge in [0.15, 0.2) is 0 Å². The fraction of sp³-hybridized carbons (Fsp3) is 0.409. The van der Waals surface area contributed by atoms with E-state index < -0.39 is 10.0 Å². The molecule has 0 radical (unpaired) electrons. The summed E-state index contributed by atoms with van der Waals surface area (Å²) in [7, 11) is -3.71. The summed E-state index contributed by atoms with van der Waals surface area (Å²) in [4.78, 5) is 12.7. The van der Waals surface area contributed by atoms with Crippen molar-refractivity contribution in [3.63, 3.8) is 0 Å². The van der Waals surface area contributed by atoms with Crippen molar-refractivity contribution >= 4 is 55.1 Å². The lowest BCUT2D eigenvalue weighted by Crippen LogP contribution is -2.38. The van der Waals surface area contributed by atoms with E-state index >= 15 is 0 Å². The number of benzene rings is 2. The normalized spacial score (nSPS) is 20.0. The molecule has 2 fully saturated rings. The Morgan fingerprint density at radius 2 is 1.85 bits per heavy atom. The monoisotopic (exact) mass is 575 g/mol. The number of nitrogens with one attached hydrogen (secondary N) is 2. The first-order valence-electron chi connectivity index (χ1n) is 10.7. The van der Waals surface area contributed by atoms with Gasteiger partial charge in [0.1, 0.15) is 11.9 Å². The average molecular weight is 577 g/mol. The third-order valence-electron chi connectivity index (χ3n) is 5.79. The number of ether oxygens (including phenoxy) is 1. The molecule has 2 saturated heterocycles. The number of carbonyl (C=O) groups is 1. The standard InChI is InChI=1S/C22H24BrCl2N3O4S/c23-18-12-17(2-4-21(18)32-16-5-8-26-9-6-16)33(30,31)28-10-7-15(13-28)27-22(29)14-1-3-19(24)20(25)11-14/h1-4,11-12,15-16,26H,5-10,13H2,(H,27,29)/t15-/m0/s1. The van der Waals surface area contributed by atoms with Gasteiger partial charge in [-0.1, -0.05) is 23.2 Å². The van der Waals surface area contributed by atoms with Gasteiger partial charge in [0.05, 0.1) is 19.4 Å². The van der Waals surface area contributed by atoms with Crippen LogP contribution >= 0.6 is 39.1 Å². The minimum atomic E-state index is -3.71. The highest BCUT2D eigenvalue weighted by atomic mass is 79.9. The SMILES string of the molecule is O=C(N[C@H]1CCN(S(=O)(=O)c2ccc(OC3CCNCC3)c(Br)c2)C1)c1ccc(Cl)c(Cl)c1. The number of hydrogen-bond donors (Lipinski definition) is 2. The molecule has 0 aliphatic carbocycles. The lowest BCUT2D eigenvalue weighted by molar-refractivity contribution is 0.0939. The van der Waals surface area contributed by atoms with Gasteiger partial charge in [0.2, 0.25) is 10.0 Å². The summed E-state index contributed by atoms with van der Waals surface area (Å²) in [5, 5.41) is 6.83. The fourth-order valence-corrected chi connectivity index (χ4v) is 6.40. The first kappa shape index (κ1) is 24.8. The van der Waals surface area contributed by atoms with E-state index in [1.165, 1.54) is 10.4 Å². The van der Waals surface area contributed by atoms with Gasteiger partial charge in [0.25, 0.3) is 5.91 Å². The molecule has 4 rings (SSSR count). The summed E-state index contributed by atoms with van der Waals surface area (Å²) >= 11 is 15.3. The second-order valence-corrected chi connectivity index (χ2v) is 11.7. The molecule has 2 aromatic carbocycles. The number of hydrogen-bond acceptors (Lipinski definition) is 5. The molecule has 7 nitrogen and oxygen atoms in total. The Hall–Kier alpha value is -1.36. The molecule has 0 aromatic heterocycles. The van der Waals surface area contributed by atoms with Crippen molar-refractivity contribution in [2.45, 2.75) is 36.3 Å². The number of sulfonamides is 1. The zero-order valence-electron chi connectivity index (χ0n) is 17.7. The number of piperidine rings is 1. The lowest BCUT2D eigenvalue weighted by atomic mass is 10.1. The lowest BCUT2D eigenvalue weighted by Gasteiger charge is -2.24.